The zero-order chi connectivity index (χ0) is 15.1. The lowest BCUT2D eigenvalue weighted by Crippen LogP contribution is -2.17. The molecule has 6 nitrogen and oxygen atoms in total. The van der Waals surface area contributed by atoms with Crippen LogP contribution in [0.25, 0.3) is 0 Å². The van der Waals surface area contributed by atoms with E-state index in [-0.39, 0.29) is 24.1 Å². The van der Waals surface area contributed by atoms with E-state index in [9.17, 15) is 9.59 Å². The second kappa shape index (κ2) is 7.81. The minimum absolute atomic E-state index is 0.248. The second-order valence-electron chi connectivity index (χ2n) is 4.67. The van der Waals surface area contributed by atoms with Crippen molar-refractivity contribution < 1.29 is 29.3 Å². The Bertz CT molecular complexity index is 366. The van der Waals surface area contributed by atoms with Gasteiger partial charge in [0.05, 0.1) is 12.2 Å². The highest BCUT2D eigenvalue weighted by atomic mass is 16.6. The van der Waals surface area contributed by atoms with Gasteiger partial charge in [0.15, 0.2) is 0 Å². The highest BCUT2D eigenvalue weighted by molar-refractivity contribution is 5.67. The van der Waals surface area contributed by atoms with Crippen LogP contribution in [0, 0.1) is 0 Å². The first-order chi connectivity index (χ1) is 9.36. The predicted molar refractivity (Wildman–Crippen MR) is 70.6 cm³/mol. The Hall–Kier alpha value is -1.66. The number of hydrogen-bond donors (Lipinski definition) is 2. The summed E-state index contributed by atoms with van der Waals surface area (Å²) in [5, 5.41) is 17.3. The molecule has 0 saturated carbocycles. The third kappa shape index (κ3) is 6.49. The number of carbonyl (C=O) groups excluding carboxylic acids is 2. The van der Waals surface area contributed by atoms with E-state index in [2.05, 4.69) is 0 Å². The smallest absolute Gasteiger partial charge is 0.303 e. The molecule has 2 aliphatic carbocycles. The van der Waals surface area contributed by atoms with Crippen LogP contribution in [0.2, 0.25) is 0 Å². The van der Waals surface area contributed by atoms with Crippen molar-refractivity contribution in [2.45, 2.75) is 51.1 Å². The first kappa shape index (κ1) is 16.4. The van der Waals surface area contributed by atoms with E-state index in [1.165, 1.54) is 13.8 Å². The maximum atomic E-state index is 10.6. The molecule has 0 unspecified atom stereocenters. The van der Waals surface area contributed by atoms with Gasteiger partial charge < -0.3 is 19.7 Å². The fourth-order valence-electron chi connectivity index (χ4n) is 1.90. The van der Waals surface area contributed by atoms with Crippen molar-refractivity contribution >= 4 is 11.9 Å². The van der Waals surface area contributed by atoms with Crippen LogP contribution >= 0.6 is 0 Å². The highest BCUT2D eigenvalue weighted by Crippen LogP contribution is 2.17. The number of ether oxygens (including phenoxy) is 2. The lowest BCUT2D eigenvalue weighted by atomic mass is 10.3. The second-order valence-corrected chi connectivity index (χ2v) is 4.67. The summed E-state index contributed by atoms with van der Waals surface area (Å²) < 4.78 is 9.81. The largest absolute Gasteiger partial charge is 0.458 e. The molecule has 0 saturated heterocycles. The summed E-state index contributed by atoms with van der Waals surface area (Å²) in [7, 11) is 0. The lowest BCUT2D eigenvalue weighted by Gasteiger charge is -2.11. The van der Waals surface area contributed by atoms with Crippen LogP contribution in [-0.4, -0.2) is 46.6 Å². The van der Waals surface area contributed by atoms with Crippen molar-refractivity contribution in [3.05, 3.63) is 24.3 Å². The molecule has 0 aromatic carbocycles. The van der Waals surface area contributed by atoms with E-state index >= 15 is 0 Å². The molecule has 0 aromatic heterocycles. The van der Waals surface area contributed by atoms with Crippen LogP contribution in [0.3, 0.4) is 0 Å². The van der Waals surface area contributed by atoms with Gasteiger partial charge in [0.1, 0.15) is 12.2 Å². The summed E-state index contributed by atoms with van der Waals surface area (Å²) in [4.78, 5) is 21.1. The van der Waals surface area contributed by atoms with Gasteiger partial charge in [-0.05, 0) is 12.2 Å². The Kier molecular flexibility index (Phi) is 6.41. The molecule has 0 aromatic rings. The van der Waals surface area contributed by atoms with E-state index in [4.69, 9.17) is 19.7 Å². The fourth-order valence-corrected chi connectivity index (χ4v) is 1.90. The molecule has 0 fully saturated rings. The zero-order valence-electron chi connectivity index (χ0n) is 11.6. The topological polar surface area (TPSA) is 93.1 Å². The molecule has 0 amide bonds. The molecule has 2 N–H and O–H groups in total. The minimum Gasteiger partial charge on any atom is -0.458 e. The normalized spacial score (nSPS) is 30.6. The first-order valence-corrected chi connectivity index (χ1v) is 6.44. The maximum Gasteiger partial charge on any atom is 0.303 e. The average Bonchev–Trinajstić information content (AvgIpc) is 2.87. The Morgan fingerprint density at radius 3 is 1.50 bits per heavy atom. The van der Waals surface area contributed by atoms with Crippen molar-refractivity contribution in [2.75, 3.05) is 0 Å². The van der Waals surface area contributed by atoms with Gasteiger partial charge in [-0.1, -0.05) is 12.2 Å². The van der Waals surface area contributed by atoms with Gasteiger partial charge >= 0.3 is 11.9 Å². The van der Waals surface area contributed by atoms with Crippen LogP contribution in [0.5, 0.6) is 0 Å². The van der Waals surface area contributed by atoms with Crippen LogP contribution in [-0.2, 0) is 19.1 Å². The number of rotatable bonds is 2. The fraction of sp³-hybridized carbons (Fsp3) is 0.571. The lowest BCUT2D eigenvalue weighted by molar-refractivity contribution is -0.147. The van der Waals surface area contributed by atoms with Crippen molar-refractivity contribution in [1.29, 1.82) is 0 Å². The van der Waals surface area contributed by atoms with E-state index in [1.807, 2.05) is 0 Å². The Morgan fingerprint density at radius 1 is 0.850 bits per heavy atom. The van der Waals surface area contributed by atoms with Crippen molar-refractivity contribution in [2.24, 2.45) is 0 Å². The number of aliphatic hydroxyl groups is 2. The molecule has 2 rings (SSSR count). The van der Waals surface area contributed by atoms with Gasteiger partial charge in [-0.25, -0.2) is 0 Å². The highest BCUT2D eigenvalue weighted by Gasteiger charge is 2.22. The van der Waals surface area contributed by atoms with Crippen molar-refractivity contribution in [1.82, 2.24) is 0 Å². The summed E-state index contributed by atoms with van der Waals surface area (Å²) in [5.74, 6) is -0.642. The summed E-state index contributed by atoms with van der Waals surface area (Å²) in [6, 6.07) is 0. The molecule has 112 valence electrons. The van der Waals surface area contributed by atoms with Crippen molar-refractivity contribution in [3.63, 3.8) is 0 Å². The Balaban J connectivity index is 0.000000240. The van der Waals surface area contributed by atoms with Crippen LogP contribution in [0.1, 0.15) is 26.7 Å². The molecular weight excluding hydrogens is 264 g/mol. The van der Waals surface area contributed by atoms with E-state index in [0.717, 1.165) is 0 Å². The molecule has 0 spiro atoms. The SMILES string of the molecule is CC(=O)O[C@@H]1C=C[C@H](OC(C)=O)C1.O[C@@H]1C=C[C@H](O)C1. The number of aliphatic hydroxyl groups excluding tert-OH is 2. The zero-order valence-corrected chi connectivity index (χ0v) is 11.6. The summed E-state index contributed by atoms with van der Waals surface area (Å²) in [6.07, 6.45) is 6.35. The van der Waals surface area contributed by atoms with Gasteiger partial charge in [0, 0.05) is 26.7 Å². The number of esters is 2. The van der Waals surface area contributed by atoms with Gasteiger partial charge in [-0.3, -0.25) is 9.59 Å². The third-order valence-electron chi connectivity index (χ3n) is 2.68. The maximum absolute atomic E-state index is 10.6. The predicted octanol–water partition coefficient (Wildman–Crippen LogP) is 0.478. The average molecular weight is 284 g/mol. The van der Waals surface area contributed by atoms with E-state index in [0.29, 0.717) is 12.8 Å². The minimum atomic E-state index is -0.407. The standard InChI is InChI=1S/C9H12O4.C5H8O2/c1-6(10)12-8-3-4-9(5-8)13-7(2)11;6-4-1-2-5(7)3-4/h3-4,8-9H,5H2,1-2H3;1-2,4-7H,3H2/t8-,9+;4-,5+. The number of hydrogen-bond acceptors (Lipinski definition) is 6. The third-order valence-corrected chi connectivity index (χ3v) is 2.68. The van der Waals surface area contributed by atoms with Gasteiger partial charge in [0.25, 0.3) is 0 Å². The molecule has 20 heavy (non-hydrogen) atoms. The molecular formula is C14H20O6. The van der Waals surface area contributed by atoms with Crippen molar-refractivity contribution in [3.8, 4) is 0 Å². The summed E-state index contributed by atoms with van der Waals surface area (Å²) in [6.45, 7) is 2.71. The molecule has 4 atom stereocenters. The van der Waals surface area contributed by atoms with Crippen LogP contribution in [0.4, 0.5) is 0 Å². The molecule has 0 heterocycles. The molecule has 0 radical (unpaired) electrons. The van der Waals surface area contributed by atoms with E-state index in [1.54, 1.807) is 24.3 Å². The van der Waals surface area contributed by atoms with Crippen LogP contribution in [0.15, 0.2) is 24.3 Å². The Labute approximate surface area is 117 Å². The monoisotopic (exact) mass is 284 g/mol. The summed E-state index contributed by atoms with van der Waals surface area (Å²) in [5.41, 5.74) is 0. The molecule has 6 heteroatoms. The first-order valence-electron chi connectivity index (χ1n) is 6.44. The quantitative estimate of drug-likeness (QED) is 0.566. The van der Waals surface area contributed by atoms with E-state index < -0.39 is 12.2 Å². The van der Waals surface area contributed by atoms with Crippen LogP contribution < -0.4 is 0 Å². The molecule has 2 aliphatic rings. The molecule has 0 bridgehead atoms. The number of carbonyl (C=O) groups is 2. The van der Waals surface area contributed by atoms with Gasteiger partial charge in [0.2, 0.25) is 0 Å². The van der Waals surface area contributed by atoms with Gasteiger partial charge in [-0.15, -0.1) is 0 Å². The van der Waals surface area contributed by atoms with Gasteiger partial charge in [-0.2, -0.15) is 0 Å². The Morgan fingerprint density at radius 2 is 1.25 bits per heavy atom. The summed E-state index contributed by atoms with van der Waals surface area (Å²) >= 11 is 0. The molecule has 0 aliphatic heterocycles.